The molecule has 0 aliphatic rings. The molecule has 0 atom stereocenters. The maximum Gasteiger partial charge on any atom is 0.258 e. The van der Waals surface area contributed by atoms with Crippen LogP contribution in [-0.2, 0) is 4.79 Å². The van der Waals surface area contributed by atoms with Crippen molar-refractivity contribution in [3.8, 4) is 17.1 Å². The van der Waals surface area contributed by atoms with Crippen LogP contribution in [0.15, 0.2) is 54.2 Å². The molecule has 0 aliphatic heterocycles. The van der Waals surface area contributed by atoms with Gasteiger partial charge in [0.15, 0.2) is 23.9 Å². The number of hydrogen-bond donors (Lipinski definition) is 3. The van der Waals surface area contributed by atoms with Crippen molar-refractivity contribution in [2.24, 2.45) is 0 Å². The van der Waals surface area contributed by atoms with Crippen molar-refractivity contribution < 1.29 is 9.53 Å². The van der Waals surface area contributed by atoms with Crippen LogP contribution in [-0.4, -0.2) is 43.2 Å². The summed E-state index contributed by atoms with van der Waals surface area (Å²) in [6.45, 7) is 5.72. The van der Waals surface area contributed by atoms with E-state index in [2.05, 4.69) is 25.8 Å². The lowest BCUT2D eigenvalue weighted by Gasteiger charge is -2.20. The summed E-state index contributed by atoms with van der Waals surface area (Å²) in [6, 6.07) is 11.3. The minimum atomic E-state index is -0.312. The summed E-state index contributed by atoms with van der Waals surface area (Å²) in [5.74, 6) is 1.63. The van der Waals surface area contributed by atoms with E-state index < -0.39 is 0 Å². The fourth-order valence-corrected chi connectivity index (χ4v) is 4.22. The van der Waals surface area contributed by atoms with E-state index in [1.807, 2.05) is 62.5 Å². The first-order valence-corrected chi connectivity index (χ1v) is 11.6. The highest BCUT2D eigenvalue weighted by atomic mass is 32.1. The van der Waals surface area contributed by atoms with E-state index in [1.165, 1.54) is 0 Å². The molecule has 3 N–H and O–H groups in total. The average Bonchev–Trinajstić information content (AvgIpc) is 3.46. The molecule has 9 nitrogen and oxygen atoms in total. The number of aromatic amines is 1. The van der Waals surface area contributed by atoms with Crippen LogP contribution in [0.3, 0.4) is 0 Å². The smallest absolute Gasteiger partial charge is 0.258 e. The average molecular weight is 474 g/mol. The summed E-state index contributed by atoms with van der Waals surface area (Å²) in [5, 5.41) is 16.0. The van der Waals surface area contributed by atoms with Crippen molar-refractivity contribution in [2.45, 2.75) is 26.3 Å². The third-order valence-corrected chi connectivity index (χ3v) is 5.74. The maximum atomic E-state index is 12.1. The molecule has 0 unspecified atom stereocenters. The molecule has 0 saturated carbocycles. The molecule has 4 aromatic heterocycles. The molecule has 0 saturated heterocycles. The molecule has 0 aliphatic carbocycles. The zero-order chi connectivity index (χ0) is 23.7. The van der Waals surface area contributed by atoms with Gasteiger partial charge in [0.25, 0.3) is 5.91 Å². The van der Waals surface area contributed by atoms with Gasteiger partial charge in [0, 0.05) is 16.5 Å². The van der Waals surface area contributed by atoms with Crippen LogP contribution in [0.1, 0.15) is 20.8 Å². The zero-order valence-electron chi connectivity index (χ0n) is 18.9. The largest absolute Gasteiger partial charge is 0.484 e. The number of thiophene rings is 1. The van der Waals surface area contributed by atoms with Crippen molar-refractivity contribution in [3.63, 3.8) is 0 Å². The Bertz CT molecular complexity index is 1490. The van der Waals surface area contributed by atoms with E-state index in [0.29, 0.717) is 17.4 Å². The highest BCUT2D eigenvalue weighted by Crippen LogP contribution is 2.32. The number of pyridine rings is 1. The number of aromatic nitrogens is 5. The maximum absolute atomic E-state index is 12.1. The number of carbonyl (C=O) groups is 1. The number of carbonyl (C=O) groups excluding carboxylic acids is 1. The highest BCUT2D eigenvalue weighted by molar-refractivity contribution is 7.17. The summed E-state index contributed by atoms with van der Waals surface area (Å²) >= 11 is 1.57. The number of nitrogens with one attached hydrogen (secondary N) is 3. The van der Waals surface area contributed by atoms with Gasteiger partial charge in [0.2, 0.25) is 0 Å². The number of rotatable bonds is 6. The van der Waals surface area contributed by atoms with Crippen LogP contribution in [0.4, 0.5) is 11.5 Å². The Morgan fingerprint density at radius 1 is 1.15 bits per heavy atom. The van der Waals surface area contributed by atoms with E-state index in [-0.39, 0.29) is 18.1 Å². The standard InChI is InChI=1S/C24H23N7O2S/c1-24(2,3)30-19(32)13-33-17-6-4-5-14(10-17)22-28-18-7-8-34-20(18)23(29-22)27-16-9-15-11-26-31-21(15)25-12-16/h4-12H,13H2,1-3H3,(H,30,32)(H,25,26,31)(H,27,28,29). The second kappa shape index (κ2) is 8.71. The summed E-state index contributed by atoms with van der Waals surface area (Å²) in [7, 11) is 0. The molecule has 5 aromatic rings. The highest BCUT2D eigenvalue weighted by Gasteiger charge is 2.15. The minimum Gasteiger partial charge on any atom is -0.484 e. The monoisotopic (exact) mass is 473 g/mol. The summed E-state index contributed by atoms with van der Waals surface area (Å²) in [4.78, 5) is 26.0. The van der Waals surface area contributed by atoms with Crippen LogP contribution in [0, 0.1) is 0 Å². The number of benzene rings is 1. The van der Waals surface area contributed by atoms with Crippen LogP contribution in [0.25, 0.3) is 32.6 Å². The van der Waals surface area contributed by atoms with Crippen LogP contribution >= 0.6 is 11.3 Å². The molecule has 0 radical (unpaired) electrons. The number of hydrogen-bond acceptors (Lipinski definition) is 8. The molecule has 34 heavy (non-hydrogen) atoms. The van der Waals surface area contributed by atoms with Gasteiger partial charge in [-0.3, -0.25) is 9.89 Å². The third-order valence-electron chi connectivity index (χ3n) is 4.83. The molecule has 172 valence electrons. The number of fused-ring (bicyclic) bond motifs is 2. The number of ether oxygens (including phenoxy) is 1. The SMILES string of the molecule is CC(C)(C)NC(=O)COc1cccc(-c2nc(Nc3cnc4[nH]ncc4c3)c3sccc3n2)c1. The molecule has 0 bridgehead atoms. The predicted molar refractivity (Wildman–Crippen MR) is 133 cm³/mol. The Hall–Kier alpha value is -4.05. The van der Waals surface area contributed by atoms with E-state index >= 15 is 0 Å². The number of nitrogens with zero attached hydrogens (tertiary/aromatic N) is 4. The molecule has 5 rings (SSSR count). The first kappa shape index (κ1) is 21.8. The summed E-state index contributed by atoms with van der Waals surface area (Å²) in [6.07, 6.45) is 3.46. The van der Waals surface area contributed by atoms with Gasteiger partial charge in [0.1, 0.15) is 5.75 Å². The van der Waals surface area contributed by atoms with Crippen molar-refractivity contribution >= 4 is 50.0 Å². The molecule has 0 spiro atoms. The van der Waals surface area contributed by atoms with E-state index in [4.69, 9.17) is 14.7 Å². The van der Waals surface area contributed by atoms with Gasteiger partial charge in [-0.2, -0.15) is 5.10 Å². The van der Waals surface area contributed by atoms with Gasteiger partial charge in [-0.1, -0.05) is 12.1 Å². The Morgan fingerprint density at radius 3 is 2.88 bits per heavy atom. The number of amides is 1. The van der Waals surface area contributed by atoms with E-state index in [0.717, 1.165) is 32.5 Å². The molecule has 1 aromatic carbocycles. The van der Waals surface area contributed by atoms with Gasteiger partial charge in [-0.25, -0.2) is 15.0 Å². The predicted octanol–water partition coefficient (Wildman–Crippen LogP) is 4.67. The Labute approximate surface area is 199 Å². The summed E-state index contributed by atoms with van der Waals surface area (Å²) < 4.78 is 6.66. The van der Waals surface area contributed by atoms with Crippen LogP contribution in [0.2, 0.25) is 0 Å². The van der Waals surface area contributed by atoms with Gasteiger partial charge in [-0.05, 0) is 50.4 Å². The first-order valence-electron chi connectivity index (χ1n) is 10.7. The molecule has 4 heterocycles. The van der Waals surface area contributed by atoms with Crippen molar-refractivity contribution in [1.82, 2.24) is 30.5 Å². The molecule has 0 fully saturated rings. The molecular weight excluding hydrogens is 450 g/mol. The van der Waals surface area contributed by atoms with Gasteiger partial charge in [0.05, 0.1) is 28.3 Å². The normalized spacial score (nSPS) is 11.6. The Morgan fingerprint density at radius 2 is 2.03 bits per heavy atom. The van der Waals surface area contributed by atoms with Crippen molar-refractivity contribution in [2.75, 3.05) is 11.9 Å². The first-order chi connectivity index (χ1) is 16.3. The number of anilines is 2. The molecule has 10 heteroatoms. The second-order valence-electron chi connectivity index (χ2n) is 8.80. The minimum absolute atomic E-state index is 0.0680. The Kier molecular flexibility index (Phi) is 5.58. The topological polar surface area (TPSA) is 118 Å². The fourth-order valence-electron chi connectivity index (χ4n) is 3.45. The van der Waals surface area contributed by atoms with Crippen molar-refractivity contribution in [3.05, 3.63) is 54.2 Å². The summed E-state index contributed by atoms with van der Waals surface area (Å²) in [5.41, 5.74) is 2.84. The van der Waals surface area contributed by atoms with Gasteiger partial charge < -0.3 is 15.4 Å². The molecule has 1 amide bonds. The third kappa shape index (κ3) is 4.81. The fraction of sp³-hybridized carbons (Fsp3) is 0.208. The van der Waals surface area contributed by atoms with E-state index in [1.54, 1.807) is 23.7 Å². The number of H-pyrrole nitrogens is 1. The van der Waals surface area contributed by atoms with Gasteiger partial charge in [-0.15, -0.1) is 11.3 Å². The quantitative estimate of drug-likeness (QED) is 0.328. The van der Waals surface area contributed by atoms with Gasteiger partial charge >= 0.3 is 0 Å². The molecular formula is C24H23N7O2S. The lowest BCUT2D eigenvalue weighted by Crippen LogP contribution is -2.43. The second-order valence-corrected chi connectivity index (χ2v) is 9.72. The zero-order valence-corrected chi connectivity index (χ0v) is 19.7. The van der Waals surface area contributed by atoms with Crippen LogP contribution in [0.5, 0.6) is 5.75 Å². The van der Waals surface area contributed by atoms with E-state index in [9.17, 15) is 4.79 Å². The lowest BCUT2D eigenvalue weighted by molar-refractivity contribution is -0.124. The lowest BCUT2D eigenvalue weighted by atomic mass is 10.1. The van der Waals surface area contributed by atoms with Crippen molar-refractivity contribution in [1.29, 1.82) is 0 Å². The Balaban J connectivity index is 1.42. The van der Waals surface area contributed by atoms with Crippen LogP contribution < -0.4 is 15.4 Å².